The van der Waals surface area contributed by atoms with Crippen molar-refractivity contribution >= 4 is 23.3 Å². The molecule has 1 aliphatic heterocycles. The number of halogens is 1. The van der Waals surface area contributed by atoms with Crippen molar-refractivity contribution in [1.29, 1.82) is 5.41 Å². The third kappa shape index (κ3) is 2.98. The van der Waals surface area contributed by atoms with Crippen LogP contribution in [0.4, 0.5) is 5.82 Å². The fraction of sp³-hybridized carbons (Fsp3) is 0.538. The van der Waals surface area contributed by atoms with E-state index >= 15 is 0 Å². The lowest BCUT2D eigenvalue weighted by atomic mass is 10.0. The Kier molecular flexibility index (Phi) is 4.27. The molecule has 0 radical (unpaired) electrons. The van der Waals surface area contributed by atoms with Gasteiger partial charge in [0.2, 0.25) is 0 Å². The summed E-state index contributed by atoms with van der Waals surface area (Å²) in [5.41, 5.74) is 6.07. The molecule has 0 spiro atoms. The summed E-state index contributed by atoms with van der Waals surface area (Å²) in [5.74, 6) is 0.689. The number of anilines is 1. The number of nitrogens with zero attached hydrogens (tertiary/aromatic N) is 3. The molecule has 0 unspecified atom stereocenters. The zero-order valence-corrected chi connectivity index (χ0v) is 12.1. The lowest BCUT2D eigenvalue weighted by Crippen LogP contribution is -2.42. The third-order valence-electron chi connectivity index (χ3n) is 3.73. The van der Waals surface area contributed by atoms with E-state index in [1.165, 1.54) is 0 Å². The van der Waals surface area contributed by atoms with Gasteiger partial charge in [-0.3, -0.25) is 5.41 Å². The molecule has 3 N–H and O–H groups in total. The molecule has 1 aromatic rings. The Hall–Kier alpha value is -1.33. The van der Waals surface area contributed by atoms with Crippen LogP contribution in [0.5, 0.6) is 0 Å². The average Bonchev–Trinajstić information content (AvgIpc) is 2.38. The fourth-order valence-corrected chi connectivity index (χ4v) is 2.79. The SMILES string of the molecule is CN1CCC(N(C)c2nccc(C(=N)N)c2Cl)CC1. The molecule has 0 amide bonds. The Morgan fingerprint density at radius 2 is 2.16 bits per heavy atom. The number of hydrogen-bond donors (Lipinski definition) is 2. The lowest BCUT2D eigenvalue weighted by Gasteiger charge is -2.36. The zero-order chi connectivity index (χ0) is 14.0. The van der Waals surface area contributed by atoms with E-state index in [2.05, 4.69) is 21.8 Å². The first-order valence-electron chi connectivity index (χ1n) is 6.41. The van der Waals surface area contributed by atoms with E-state index in [4.69, 9.17) is 22.7 Å². The molecule has 19 heavy (non-hydrogen) atoms. The van der Waals surface area contributed by atoms with Gasteiger partial charge in [0, 0.05) is 24.8 Å². The molecule has 2 rings (SSSR count). The summed E-state index contributed by atoms with van der Waals surface area (Å²) in [6, 6.07) is 2.11. The molecule has 1 saturated heterocycles. The molecule has 0 saturated carbocycles. The minimum Gasteiger partial charge on any atom is -0.384 e. The Balaban J connectivity index is 2.21. The topological polar surface area (TPSA) is 69.2 Å². The molecular formula is C13H20ClN5. The molecule has 5 nitrogen and oxygen atoms in total. The molecule has 104 valence electrons. The third-order valence-corrected chi connectivity index (χ3v) is 4.10. The summed E-state index contributed by atoms with van der Waals surface area (Å²) >= 11 is 6.31. The lowest BCUT2D eigenvalue weighted by molar-refractivity contribution is 0.252. The van der Waals surface area contributed by atoms with E-state index < -0.39 is 0 Å². The van der Waals surface area contributed by atoms with Gasteiger partial charge in [-0.15, -0.1) is 0 Å². The number of rotatable bonds is 3. The first-order valence-corrected chi connectivity index (χ1v) is 6.78. The second kappa shape index (κ2) is 5.75. The first kappa shape index (κ1) is 14.1. The molecule has 0 aliphatic carbocycles. The number of aromatic nitrogens is 1. The fourth-order valence-electron chi connectivity index (χ4n) is 2.44. The standard InChI is InChI=1S/C13H20ClN5/c1-18-7-4-9(5-8-18)19(2)13-11(14)10(12(15)16)3-6-17-13/h3,6,9H,4-5,7-8H2,1-2H3,(H3,15,16). The predicted molar refractivity (Wildman–Crippen MR) is 79.2 cm³/mol. The van der Waals surface area contributed by atoms with Crippen molar-refractivity contribution in [3.8, 4) is 0 Å². The number of likely N-dealkylation sites (tertiary alicyclic amines) is 1. The van der Waals surface area contributed by atoms with Crippen LogP contribution in [0.25, 0.3) is 0 Å². The van der Waals surface area contributed by atoms with Crippen LogP contribution in [-0.4, -0.2) is 48.9 Å². The van der Waals surface area contributed by atoms with Gasteiger partial charge in [-0.25, -0.2) is 4.98 Å². The number of nitrogens with two attached hydrogens (primary N) is 1. The monoisotopic (exact) mass is 281 g/mol. The number of amidine groups is 1. The highest BCUT2D eigenvalue weighted by molar-refractivity contribution is 6.36. The van der Waals surface area contributed by atoms with Crippen LogP contribution in [0.3, 0.4) is 0 Å². The predicted octanol–water partition coefficient (Wildman–Crippen LogP) is 1.55. The van der Waals surface area contributed by atoms with Gasteiger partial charge < -0.3 is 15.5 Å². The van der Waals surface area contributed by atoms with Crippen LogP contribution in [0.15, 0.2) is 12.3 Å². The summed E-state index contributed by atoms with van der Waals surface area (Å²) < 4.78 is 0. The summed E-state index contributed by atoms with van der Waals surface area (Å²) in [6.45, 7) is 2.16. The molecule has 0 aromatic carbocycles. The summed E-state index contributed by atoms with van der Waals surface area (Å²) in [5, 5.41) is 7.99. The summed E-state index contributed by atoms with van der Waals surface area (Å²) in [6.07, 6.45) is 3.84. The molecule has 2 heterocycles. The number of pyridine rings is 1. The largest absolute Gasteiger partial charge is 0.384 e. The van der Waals surface area contributed by atoms with E-state index in [1.807, 2.05) is 7.05 Å². The van der Waals surface area contributed by atoms with Crippen molar-refractivity contribution in [1.82, 2.24) is 9.88 Å². The maximum absolute atomic E-state index is 7.53. The van der Waals surface area contributed by atoms with Crippen LogP contribution in [0, 0.1) is 5.41 Å². The van der Waals surface area contributed by atoms with Crippen molar-refractivity contribution in [3.05, 3.63) is 22.8 Å². The summed E-state index contributed by atoms with van der Waals surface area (Å²) in [7, 11) is 4.14. The minimum atomic E-state index is -0.0228. The van der Waals surface area contributed by atoms with Crippen LogP contribution in [0.2, 0.25) is 5.02 Å². The molecule has 0 bridgehead atoms. The van der Waals surface area contributed by atoms with Crippen molar-refractivity contribution in [2.45, 2.75) is 18.9 Å². The Labute approximate surface area is 118 Å². The van der Waals surface area contributed by atoms with Crippen molar-refractivity contribution in [2.24, 2.45) is 5.73 Å². The molecule has 0 atom stereocenters. The number of nitrogens with one attached hydrogen (secondary N) is 1. The minimum absolute atomic E-state index is 0.0228. The van der Waals surface area contributed by atoms with Crippen LogP contribution < -0.4 is 10.6 Å². The zero-order valence-electron chi connectivity index (χ0n) is 11.4. The smallest absolute Gasteiger partial charge is 0.148 e. The highest BCUT2D eigenvalue weighted by Crippen LogP contribution is 2.29. The molecule has 6 heteroatoms. The van der Waals surface area contributed by atoms with Gasteiger partial charge in [-0.1, -0.05) is 11.6 Å². The van der Waals surface area contributed by atoms with E-state index in [1.54, 1.807) is 12.3 Å². The quantitative estimate of drug-likeness (QED) is 0.651. The molecular weight excluding hydrogens is 262 g/mol. The molecule has 1 aliphatic rings. The number of nitrogen functional groups attached to an aromatic ring is 1. The molecule has 1 aromatic heterocycles. The maximum atomic E-state index is 7.53. The van der Waals surface area contributed by atoms with Gasteiger partial charge in [0.05, 0.1) is 5.02 Å². The highest BCUT2D eigenvalue weighted by atomic mass is 35.5. The Bertz CT molecular complexity index is 468. The van der Waals surface area contributed by atoms with Gasteiger partial charge >= 0.3 is 0 Å². The van der Waals surface area contributed by atoms with Crippen LogP contribution in [-0.2, 0) is 0 Å². The van der Waals surface area contributed by atoms with Crippen LogP contribution in [0.1, 0.15) is 18.4 Å². The van der Waals surface area contributed by atoms with Crippen molar-refractivity contribution < 1.29 is 0 Å². The van der Waals surface area contributed by atoms with Gasteiger partial charge in [0.25, 0.3) is 0 Å². The van der Waals surface area contributed by atoms with Gasteiger partial charge in [-0.05, 0) is 39.0 Å². The maximum Gasteiger partial charge on any atom is 0.148 e. The summed E-state index contributed by atoms with van der Waals surface area (Å²) in [4.78, 5) is 8.78. The second-order valence-electron chi connectivity index (χ2n) is 5.06. The van der Waals surface area contributed by atoms with Gasteiger partial charge in [0.1, 0.15) is 11.7 Å². The van der Waals surface area contributed by atoms with E-state index in [-0.39, 0.29) is 5.84 Å². The second-order valence-corrected chi connectivity index (χ2v) is 5.43. The van der Waals surface area contributed by atoms with E-state index in [0.717, 1.165) is 25.9 Å². The van der Waals surface area contributed by atoms with Crippen molar-refractivity contribution in [3.63, 3.8) is 0 Å². The first-order chi connectivity index (χ1) is 9.00. The van der Waals surface area contributed by atoms with Crippen molar-refractivity contribution in [2.75, 3.05) is 32.1 Å². The number of hydrogen-bond acceptors (Lipinski definition) is 4. The Morgan fingerprint density at radius 3 is 2.74 bits per heavy atom. The normalized spacial score (nSPS) is 17.4. The highest BCUT2D eigenvalue weighted by Gasteiger charge is 2.23. The van der Waals surface area contributed by atoms with Crippen LogP contribution >= 0.6 is 11.6 Å². The van der Waals surface area contributed by atoms with E-state index in [9.17, 15) is 0 Å². The van der Waals surface area contributed by atoms with Gasteiger partial charge in [0.15, 0.2) is 0 Å². The number of piperidine rings is 1. The Morgan fingerprint density at radius 1 is 1.53 bits per heavy atom. The van der Waals surface area contributed by atoms with E-state index in [0.29, 0.717) is 22.4 Å². The average molecular weight is 282 g/mol. The molecule has 1 fully saturated rings. The van der Waals surface area contributed by atoms with Gasteiger partial charge in [-0.2, -0.15) is 0 Å².